The molecule has 0 radical (unpaired) electrons. The molecule has 3 heteroatoms. The zero-order valence-corrected chi connectivity index (χ0v) is 17.2. The molecule has 1 unspecified atom stereocenters. The van der Waals surface area contributed by atoms with Crippen LogP contribution < -0.4 is 0 Å². The van der Waals surface area contributed by atoms with Crippen molar-refractivity contribution in [2.24, 2.45) is 5.92 Å². The molecule has 0 saturated heterocycles. The Balaban J connectivity index is -0.000000164. The molecule has 0 saturated carbocycles. The summed E-state index contributed by atoms with van der Waals surface area (Å²) in [5.74, 6) is 0.802. The van der Waals surface area contributed by atoms with Crippen molar-refractivity contribution < 1.29 is 14.9 Å². The zero-order chi connectivity index (χ0) is 19.5. The molecule has 0 bridgehead atoms. The Hall–Kier alpha value is -0.640. The first-order valence-electron chi connectivity index (χ1n) is 9.53. The number of unbranched alkanes of at least 4 members (excludes halogenated alkanes) is 3. The van der Waals surface area contributed by atoms with Crippen molar-refractivity contribution in [3.05, 3.63) is 25.3 Å². The molecule has 0 fully saturated rings. The summed E-state index contributed by atoms with van der Waals surface area (Å²) < 4.78 is 5.69. The fraction of sp³-hybridized carbons (Fsp3) is 0.810. The number of rotatable bonds is 11. The average molecular weight is 347 g/mol. The lowest BCUT2D eigenvalue weighted by molar-refractivity contribution is 0.0911. The summed E-state index contributed by atoms with van der Waals surface area (Å²) in [6.45, 7) is 19.0. The van der Waals surface area contributed by atoms with E-state index in [1.54, 1.807) is 12.2 Å². The highest BCUT2D eigenvalue weighted by molar-refractivity contribution is 4.55. The second-order valence-corrected chi connectivity index (χ2v) is 5.46. The van der Waals surface area contributed by atoms with Crippen LogP contribution in [0.15, 0.2) is 25.3 Å². The van der Waals surface area contributed by atoms with E-state index in [2.05, 4.69) is 33.9 Å². The molecule has 1 atom stereocenters. The minimum Gasteiger partial charge on any atom is -0.394 e. The SMILES string of the molecule is C=CC.C=CC.CCCCCOCC(CC)CCCC.OCCO. The van der Waals surface area contributed by atoms with E-state index in [4.69, 9.17) is 14.9 Å². The molecule has 0 aliphatic carbocycles. The van der Waals surface area contributed by atoms with Crippen LogP contribution in [-0.4, -0.2) is 36.6 Å². The van der Waals surface area contributed by atoms with Crippen LogP contribution >= 0.6 is 0 Å². The number of aliphatic hydroxyl groups excluding tert-OH is 2. The molecule has 148 valence electrons. The van der Waals surface area contributed by atoms with E-state index in [1.165, 1.54) is 44.9 Å². The third-order valence-corrected chi connectivity index (χ3v) is 2.89. The maximum atomic E-state index is 7.62. The zero-order valence-electron chi connectivity index (χ0n) is 17.2. The number of ether oxygens (including phenoxy) is 1. The van der Waals surface area contributed by atoms with Gasteiger partial charge in [0.15, 0.2) is 0 Å². The Labute approximate surface area is 152 Å². The van der Waals surface area contributed by atoms with Gasteiger partial charge in [0.25, 0.3) is 0 Å². The van der Waals surface area contributed by atoms with Crippen LogP contribution in [0.5, 0.6) is 0 Å². The molecule has 0 aliphatic rings. The lowest BCUT2D eigenvalue weighted by Crippen LogP contribution is -2.09. The van der Waals surface area contributed by atoms with Gasteiger partial charge in [-0.15, -0.1) is 13.2 Å². The van der Waals surface area contributed by atoms with E-state index in [1.807, 2.05) is 13.8 Å². The minimum absolute atomic E-state index is 0.125. The summed E-state index contributed by atoms with van der Waals surface area (Å²) >= 11 is 0. The van der Waals surface area contributed by atoms with Gasteiger partial charge in [-0.25, -0.2) is 0 Å². The molecular weight excluding hydrogens is 300 g/mol. The summed E-state index contributed by atoms with van der Waals surface area (Å²) in [4.78, 5) is 0. The highest BCUT2D eigenvalue weighted by Crippen LogP contribution is 2.12. The van der Waals surface area contributed by atoms with Crippen LogP contribution in [0.25, 0.3) is 0 Å². The van der Waals surface area contributed by atoms with Crippen LogP contribution in [0.4, 0.5) is 0 Å². The molecule has 24 heavy (non-hydrogen) atoms. The second-order valence-electron chi connectivity index (χ2n) is 5.46. The van der Waals surface area contributed by atoms with E-state index in [9.17, 15) is 0 Å². The Bertz CT molecular complexity index is 186. The van der Waals surface area contributed by atoms with Gasteiger partial charge in [-0.05, 0) is 32.6 Å². The molecule has 0 aromatic carbocycles. The Morgan fingerprint density at radius 1 is 0.875 bits per heavy atom. The second kappa shape index (κ2) is 38.1. The summed E-state index contributed by atoms with van der Waals surface area (Å²) in [5, 5.41) is 15.2. The van der Waals surface area contributed by atoms with Gasteiger partial charge in [0.2, 0.25) is 0 Å². The predicted octanol–water partition coefficient (Wildman–Crippen LogP) is 5.77. The topological polar surface area (TPSA) is 49.7 Å². The van der Waals surface area contributed by atoms with Crippen molar-refractivity contribution in [2.45, 2.75) is 79.6 Å². The van der Waals surface area contributed by atoms with Crippen molar-refractivity contribution in [3.63, 3.8) is 0 Å². The van der Waals surface area contributed by atoms with Crippen LogP contribution in [0.3, 0.4) is 0 Å². The van der Waals surface area contributed by atoms with Gasteiger partial charge in [0.1, 0.15) is 0 Å². The number of hydrogen-bond donors (Lipinski definition) is 2. The number of hydrogen-bond acceptors (Lipinski definition) is 3. The van der Waals surface area contributed by atoms with Gasteiger partial charge < -0.3 is 14.9 Å². The van der Waals surface area contributed by atoms with Crippen molar-refractivity contribution in [2.75, 3.05) is 26.4 Å². The van der Waals surface area contributed by atoms with Crippen molar-refractivity contribution in [3.8, 4) is 0 Å². The maximum Gasteiger partial charge on any atom is 0.0662 e. The van der Waals surface area contributed by atoms with Crippen LogP contribution in [0, 0.1) is 5.92 Å². The molecule has 3 nitrogen and oxygen atoms in total. The van der Waals surface area contributed by atoms with Crippen LogP contribution in [-0.2, 0) is 4.74 Å². The molecule has 0 amide bonds. The highest BCUT2D eigenvalue weighted by Gasteiger charge is 2.05. The van der Waals surface area contributed by atoms with E-state index in [0.29, 0.717) is 0 Å². The fourth-order valence-electron chi connectivity index (χ4n) is 1.60. The van der Waals surface area contributed by atoms with Gasteiger partial charge in [-0.2, -0.15) is 0 Å². The largest absolute Gasteiger partial charge is 0.394 e. The first-order chi connectivity index (χ1) is 11.6. The average Bonchev–Trinajstić information content (AvgIpc) is 2.59. The minimum atomic E-state index is -0.125. The van der Waals surface area contributed by atoms with Gasteiger partial charge in [-0.3, -0.25) is 0 Å². The van der Waals surface area contributed by atoms with Crippen LogP contribution in [0.2, 0.25) is 0 Å². The first-order valence-corrected chi connectivity index (χ1v) is 9.53. The Morgan fingerprint density at radius 3 is 1.67 bits per heavy atom. The monoisotopic (exact) mass is 346 g/mol. The Kier molecular flexibility index (Phi) is 49.5. The van der Waals surface area contributed by atoms with Gasteiger partial charge >= 0.3 is 0 Å². The van der Waals surface area contributed by atoms with E-state index in [0.717, 1.165) is 19.1 Å². The lowest BCUT2D eigenvalue weighted by atomic mass is 10.0. The highest BCUT2D eigenvalue weighted by atomic mass is 16.5. The van der Waals surface area contributed by atoms with Gasteiger partial charge in [-0.1, -0.05) is 65.0 Å². The van der Waals surface area contributed by atoms with Crippen molar-refractivity contribution in [1.82, 2.24) is 0 Å². The third-order valence-electron chi connectivity index (χ3n) is 2.89. The normalized spacial score (nSPS) is 9.96. The molecule has 0 rings (SSSR count). The molecule has 0 aromatic heterocycles. The predicted molar refractivity (Wildman–Crippen MR) is 110 cm³/mol. The van der Waals surface area contributed by atoms with Gasteiger partial charge in [0.05, 0.1) is 13.2 Å². The molecule has 0 aromatic rings. The summed E-state index contributed by atoms with van der Waals surface area (Å²) in [5.41, 5.74) is 0. The van der Waals surface area contributed by atoms with Gasteiger partial charge in [0, 0.05) is 13.2 Å². The van der Waals surface area contributed by atoms with E-state index < -0.39 is 0 Å². The quantitative estimate of drug-likeness (QED) is 0.369. The smallest absolute Gasteiger partial charge is 0.0662 e. The fourth-order valence-corrected chi connectivity index (χ4v) is 1.60. The lowest BCUT2D eigenvalue weighted by Gasteiger charge is -2.14. The summed E-state index contributed by atoms with van der Waals surface area (Å²) in [6, 6.07) is 0. The third kappa shape index (κ3) is 49.6. The molecular formula is C21H46O3. The van der Waals surface area contributed by atoms with E-state index in [-0.39, 0.29) is 13.2 Å². The maximum absolute atomic E-state index is 7.62. The van der Waals surface area contributed by atoms with Crippen molar-refractivity contribution >= 4 is 0 Å². The molecule has 0 spiro atoms. The standard InChI is InChI=1S/C13H28O.2C3H6.C2H6O2/c1-4-7-9-11-14-12-13(6-3)10-8-5-2;2*1-3-2;3-1-2-4/h13H,4-12H2,1-3H3;2*3H,1H2,2H3;3-4H,1-2H2. The molecule has 0 aliphatic heterocycles. The van der Waals surface area contributed by atoms with Crippen molar-refractivity contribution in [1.29, 1.82) is 0 Å². The van der Waals surface area contributed by atoms with E-state index >= 15 is 0 Å². The number of aliphatic hydroxyl groups is 2. The Morgan fingerprint density at radius 2 is 1.33 bits per heavy atom. The number of allylic oxidation sites excluding steroid dienone is 2. The van der Waals surface area contributed by atoms with Crippen LogP contribution in [0.1, 0.15) is 79.6 Å². The molecule has 2 N–H and O–H groups in total. The first kappa shape index (κ1) is 31.2. The summed E-state index contributed by atoms with van der Waals surface area (Å²) in [6.07, 6.45) is 12.6. The molecule has 0 heterocycles. The summed E-state index contributed by atoms with van der Waals surface area (Å²) in [7, 11) is 0.